The van der Waals surface area contributed by atoms with Crippen molar-refractivity contribution < 1.29 is 14.3 Å². The SMILES string of the molecule is CC(C)Oc1ccc(C(C)NC(=O)C(C)NC(=O)C(C)(C)C)cc1. The van der Waals surface area contributed by atoms with E-state index >= 15 is 0 Å². The van der Waals surface area contributed by atoms with E-state index in [1.54, 1.807) is 6.92 Å². The molecule has 0 aliphatic heterocycles. The molecule has 0 aliphatic rings. The zero-order valence-corrected chi connectivity index (χ0v) is 15.8. The quantitative estimate of drug-likeness (QED) is 0.839. The van der Waals surface area contributed by atoms with Gasteiger partial charge in [0, 0.05) is 5.41 Å². The molecule has 0 radical (unpaired) electrons. The number of ether oxygens (including phenoxy) is 1. The summed E-state index contributed by atoms with van der Waals surface area (Å²) >= 11 is 0. The highest BCUT2D eigenvalue weighted by Crippen LogP contribution is 2.19. The summed E-state index contributed by atoms with van der Waals surface area (Å²) in [7, 11) is 0. The number of carbonyl (C=O) groups is 2. The van der Waals surface area contributed by atoms with Crippen LogP contribution in [-0.4, -0.2) is 24.0 Å². The Morgan fingerprint density at radius 2 is 1.50 bits per heavy atom. The van der Waals surface area contributed by atoms with Gasteiger partial charge in [-0.05, 0) is 45.4 Å². The lowest BCUT2D eigenvalue weighted by Gasteiger charge is -2.23. The molecule has 5 nitrogen and oxygen atoms in total. The van der Waals surface area contributed by atoms with Crippen molar-refractivity contribution in [3.63, 3.8) is 0 Å². The van der Waals surface area contributed by atoms with Crippen LogP contribution in [0.2, 0.25) is 0 Å². The monoisotopic (exact) mass is 334 g/mol. The molecule has 0 spiro atoms. The van der Waals surface area contributed by atoms with Gasteiger partial charge in [0.15, 0.2) is 0 Å². The average Bonchev–Trinajstić information content (AvgIpc) is 2.46. The molecular formula is C19H30N2O3. The molecule has 1 rings (SSSR count). The number of amides is 2. The Morgan fingerprint density at radius 1 is 0.958 bits per heavy atom. The van der Waals surface area contributed by atoms with Crippen molar-refractivity contribution in [2.75, 3.05) is 0 Å². The second-order valence-corrected chi connectivity index (χ2v) is 7.41. The Labute approximate surface area is 145 Å². The van der Waals surface area contributed by atoms with Gasteiger partial charge >= 0.3 is 0 Å². The van der Waals surface area contributed by atoms with E-state index in [0.29, 0.717) is 0 Å². The summed E-state index contributed by atoms with van der Waals surface area (Å²) in [6, 6.07) is 6.91. The highest BCUT2D eigenvalue weighted by atomic mass is 16.5. The Bertz CT molecular complexity index is 559. The number of nitrogens with one attached hydrogen (secondary N) is 2. The van der Waals surface area contributed by atoms with Crippen LogP contribution in [0.4, 0.5) is 0 Å². The lowest BCUT2D eigenvalue weighted by Crippen LogP contribution is -2.48. The van der Waals surface area contributed by atoms with Gasteiger partial charge in [0.05, 0.1) is 12.1 Å². The minimum absolute atomic E-state index is 0.125. The van der Waals surface area contributed by atoms with Crippen molar-refractivity contribution in [3.05, 3.63) is 29.8 Å². The first-order valence-corrected chi connectivity index (χ1v) is 8.38. The third-order valence-electron chi connectivity index (χ3n) is 3.53. The van der Waals surface area contributed by atoms with Crippen molar-refractivity contribution in [2.45, 2.75) is 66.7 Å². The van der Waals surface area contributed by atoms with Crippen LogP contribution < -0.4 is 15.4 Å². The Balaban J connectivity index is 2.61. The zero-order valence-electron chi connectivity index (χ0n) is 15.8. The lowest BCUT2D eigenvalue weighted by molar-refractivity contribution is -0.133. The third kappa shape index (κ3) is 6.22. The van der Waals surface area contributed by atoms with E-state index in [-0.39, 0.29) is 24.0 Å². The summed E-state index contributed by atoms with van der Waals surface area (Å²) in [6.45, 7) is 13.0. The molecule has 0 heterocycles. The number of rotatable bonds is 6. The Morgan fingerprint density at radius 3 is 1.96 bits per heavy atom. The minimum Gasteiger partial charge on any atom is -0.491 e. The van der Waals surface area contributed by atoms with Crippen LogP contribution in [0.1, 0.15) is 60.1 Å². The standard InChI is InChI=1S/C19H30N2O3/c1-12(2)24-16-10-8-15(9-11-16)13(3)20-17(22)14(4)21-18(23)19(5,6)7/h8-14H,1-7H3,(H,20,22)(H,21,23). The molecule has 134 valence electrons. The number of hydrogen-bond acceptors (Lipinski definition) is 3. The van der Waals surface area contributed by atoms with Crippen LogP contribution in [-0.2, 0) is 9.59 Å². The normalized spacial score (nSPS) is 14.0. The van der Waals surface area contributed by atoms with Gasteiger partial charge in [-0.15, -0.1) is 0 Å². The summed E-state index contributed by atoms with van der Waals surface area (Å²) in [4.78, 5) is 24.2. The number of benzene rings is 1. The largest absolute Gasteiger partial charge is 0.491 e. The summed E-state index contributed by atoms with van der Waals surface area (Å²) in [5.74, 6) is 0.452. The molecule has 0 saturated heterocycles. The van der Waals surface area contributed by atoms with Crippen molar-refractivity contribution in [3.8, 4) is 5.75 Å². The van der Waals surface area contributed by atoms with Crippen LogP contribution in [0.15, 0.2) is 24.3 Å². The van der Waals surface area contributed by atoms with E-state index in [1.807, 2.05) is 65.8 Å². The molecule has 0 aliphatic carbocycles. The summed E-state index contributed by atoms with van der Waals surface area (Å²) in [5.41, 5.74) is 0.459. The first-order chi connectivity index (χ1) is 11.0. The topological polar surface area (TPSA) is 67.4 Å². The van der Waals surface area contributed by atoms with E-state index in [0.717, 1.165) is 11.3 Å². The first-order valence-electron chi connectivity index (χ1n) is 8.38. The molecule has 0 saturated carbocycles. The molecule has 24 heavy (non-hydrogen) atoms. The second kappa shape index (κ2) is 8.18. The van der Waals surface area contributed by atoms with Crippen LogP contribution in [0.25, 0.3) is 0 Å². The van der Waals surface area contributed by atoms with Gasteiger partial charge in [-0.2, -0.15) is 0 Å². The van der Waals surface area contributed by atoms with Crippen molar-refractivity contribution >= 4 is 11.8 Å². The predicted molar refractivity (Wildman–Crippen MR) is 95.8 cm³/mol. The van der Waals surface area contributed by atoms with Crippen molar-refractivity contribution in [1.29, 1.82) is 0 Å². The lowest BCUT2D eigenvalue weighted by atomic mass is 9.95. The molecule has 0 bridgehead atoms. The van der Waals surface area contributed by atoms with Gasteiger partial charge in [-0.25, -0.2) is 0 Å². The fourth-order valence-electron chi connectivity index (χ4n) is 2.01. The van der Waals surface area contributed by atoms with E-state index in [9.17, 15) is 9.59 Å². The molecule has 0 aromatic heterocycles. The van der Waals surface area contributed by atoms with Gasteiger partial charge in [-0.3, -0.25) is 9.59 Å². The number of carbonyl (C=O) groups excluding carboxylic acids is 2. The second-order valence-electron chi connectivity index (χ2n) is 7.41. The molecule has 0 fully saturated rings. The summed E-state index contributed by atoms with van der Waals surface area (Å²) in [5, 5.41) is 5.65. The third-order valence-corrected chi connectivity index (χ3v) is 3.53. The Hall–Kier alpha value is -2.04. The average molecular weight is 334 g/mol. The van der Waals surface area contributed by atoms with Crippen LogP contribution in [0, 0.1) is 5.41 Å². The molecule has 2 amide bonds. The van der Waals surface area contributed by atoms with Gasteiger partial charge in [0.2, 0.25) is 11.8 Å². The van der Waals surface area contributed by atoms with Crippen LogP contribution in [0.5, 0.6) is 5.75 Å². The molecule has 2 unspecified atom stereocenters. The van der Waals surface area contributed by atoms with Crippen LogP contribution >= 0.6 is 0 Å². The van der Waals surface area contributed by atoms with E-state index in [4.69, 9.17) is 4.74 Å². The predicted octanol–water partition coefficient (Wildman–Crippen LogP) is 3.20. The van der Waals surface area contributed by atoms with Crippen LogP contribution in [0.3, 0.4) is 0 Å². The molecule has 2 N–H and O–H groups in total. The molecular weight excluding hydrogens is 304 g/mol. The Kier molecular flexibility index (Phi) is 6.81. The molecule has 1 aromatic carbocycles. The number of hydrogen-bond donors (Lipinski definition) is 2. The van der Waals surface area contributed by atoms with Gasteiger partial charge < -0.3 is 15.4 Å². The highest BCUT2D eigenvalue weighted by molar-refractivity contribution is 5.89. The molecule has 5 heteroatoms. The van der Waals surface area contributed by atoms with Gasteiger partial charge in [0.25, 0.3) is 0 Å². The van der Waals surface area contributed by atoms with E-state index < -0.39 is 11.5 Å². The van der Waals surface area contributed by atoms with E-state index in [2.05, 4.69) is 10.6 Å². The maximum absolute atomic E-state index is 12.3. The maximum atomic E-state index is 12.3. The smallest absolute Gasteiger partial charge is 0.242 e. The molecule has 2 atom stereocenters. The zero-order chi connectivity index (χ0) is 18.5. The van der Waals surface area contributed by atoms with Gasteiger partial charge in [0.1, 0.15) is 11.8 Å². The fraction of sp³-hybridized carbons (Fsp3) is 0.579. The summed E-state index contributed by atoms with van der Waals surface area (Å²) in [6.07, 6.45) is 0.125. The minimum atomic E-state index is -0.581. The first kappa shape index (κ1) is 20.0. The fourth-order valence-corrected chi connectivity index (χ4v) is 2.01. The summed E-state index contributed by atoms with van der Waals surface area (Å²) < 4.78 is 5.61. The van der Waals surface area contributed by atoms with Crippen molar-refractivity contribution in [1.82, 2.24) is 10.6 Å². The highest BCUT2D eigenvalue weighted by Gasteiger charge is 2.25. The molecule has 1 aromatic rings. The van der Waals surface area contributed by atoms with Crippen molar-refractivity contribution in [2.24, 2.45) is 5.41 Å². The van der Waals surface area contributed by atoms with Gasteiger partial charge in [-0.1, -0.05) is 32.9 Å². The van der Waals surface area contributed by atoms with E-state index in [1.165, 1.54) is 0 Å². The maximum Gasteiger partial charge on any atom is 0.242 e.